The fourth-order valence-corrected chi connectivity index (χ4v) is 2.91. The van der Waals surface area contributed by atoms with Crippen molar-refractivity contribution < 1.29 is 18.3 Å². The van der Waals surface area contributed by atoms with Crippen molar-refractivity contribution in [1.82, 2.24) is 9.88 Å². The summed E-state index contributed by atoms with van der Waals surface area (Å²) in [4.78, 5) is 20.6. The number of anilines is 1. The van der Waals surface area contributed by atoms with Gasteiger partial charge in [0.2, 0.25) is 0 Å². The number of benzene rings is 2. The molecule has 2 aromatic carbocycles. The zero-order chi connectivity index (χ0) is 17.9. The van der Waals surface area contributed by atoms with Crippen LogP contribution in [0.25, 0.3) is 11.1 Å². The molecule has 1 fully saturated rings. The standard InChI is InChI=1S/C19H18FN3O3/c20-14-5-7-15(8-6-14)25-13-18(24)22-9-11-23(12-10-22)19-21-16-3-1-2-4-17(16)26-19/h1-8H,9-13H2. The minimum absolute atomic E-state index is 0.0610. The number of hydrogen-bond acceptors (Lipinski definition) is 5. The highest BCUT2D eigenvalue weighted by atomic mass is 19.1. The summed E-state index contributed by atoms with van der Waals surface area (Å²) in [6, 6.07) is 13.8. The molecule has 3 aromatic rings. The number of aromatic nitrogens is 1. The summed E-state index contributed by atoms with van der Waals surface area (Å²) in [5.41, 5.74) is 1.59. The van der Waals surface area contributed by atoms with Gasteiger partial charge in [-0.3, -0.25) is 4.79 Å². The van der Waals surface area contributed by atoms with Crippen molar-refractivity contribution in [2.45, 2.75) is 0 Å². The third-order valence-electron chi connectivity index (χ3n) is 4.36. The number of carbonyl (C=O) groups excluding carboxylic acids is 1. The van der Waals surface area contributed by atoms with Crippen molar-refractivity contribution in [3.05, 3.63) is 54.3 Å². The highest BCUT2D eigenvalue weighted by molar-refractivity contribution is 5.78. The molecule has 2 heterocycles. The SMILES string of the molecule is O=C(COc1ccc(F)cc1)N1CCN(c2nc3ccccc3o2)CC1. The zero-order valence-corrected chi connectivity index (χ0v) is 14.1. The number of oxazole rings is 1. The van der Waals surface area contributed by atoms with Crippen molar-refractivity contribution in [3.8, 4) is 5.75 Å². The first-order valence-electron chi connectivity index (χ1n) is 8.46. The van der Waals surface area contributed by atoms with E-state index in [2.05, 4.69) is 4.98 Å². The third kappa shape index (κ3) is 3.46. The van der Waals surface area contributed by atoms with Crippen LogP contribution in [0, 0.1) is 5.82 Å². The molecule has 4 rings (SSSR count). The quantitative estimate of drug-likeness (QED) is 0.720. The molecule has 0 spiro atoms. The number of piperazine rings is 1. The van der Waals surface area contributed by atoms with Gasteiger partial charge in [0.15, 0.2) is 12.2 Å². The van der Waals surface area contributed by atoms with E-state index in [9.17, 15) is 9.18 Å². The molecule has 0 unspecified atom stereocenters. The van der Waals surface area contributed by atoms with Gasteiger partial charge in [-0.05, 0) is 36.4 Å². The Morgan fingerprint density at radius 3 is 2.54 bits per heavy atom. The van der Waals surface area contributed by atoms with Crippen LogP contribution < -0.4 is 9.64 Å². The van der Waals surface area contributed by atoms with Crippen LogP contribution in [0.5, 0.6) is 5.75 Å². The molecular weight excluding hydrogens is 337 g/mol. The Morgan fingerprint density at radius 1 is 1.08 bits per heavy atom. The largest absolute Gasteiger partial charge is 0.484 e. The van der Waals surface area contributed by atoms with Gasteiger partial charge in [0.25, 0.3) is 11.9 Å². The van der Waals surface area contributed by atoms with Crippen LogP contribution in [0.1, 0.15) is 0 Å². The Labute approximate surface area is 149 Å². The zero-order valence-electron chi connectivity index (χ0n) is 14.1. The first kappa shape index (κ1) is 16.4. The van der Waals surface area contributed by atoms with Gasteiger partial charge in [0.1, 0.15) is 17.1 Å². The van der Waals surface area contributed by atoms with E-state index in [0.717, 1.165) is 11.1 Å². The molecule has 6 nitrogen and oxygen atoms in total. The molecule has 1 aliphatic heterocycles. The van der Waals surface area contributed by atoms with Crippen LogP contribution in [0.15, 0.2) is 52.9 Å². The lowest BCUT2D eigenvalue weighted by atomic mass is 10.3. The second kappa shape index (κ2) is 7.03. The minimum Gasteiger partial charge on any atom is -0.484 e. The lowest BCUT2D eigenvalue weighted by Gasteiger charge is -2.33. The lowest BCUT2D eigenvalue weighted by Crippen LogP contribution is -2.50. The van der Waals surface area contributed by atoms with Crippen molar-refractivity contribution in [3.63, 3.8) is 0 Å². The summed E-state index contributed by atoms with van der Waals surface area (Å²) < 4.78 is 24.1. The molecule has 0 radical (unpaired) electrons. The monoisotopic (exact) mass is 355 g/mol. The van der Waals surface area contributed by atoms with Crippen LogP contribution in [0.3, 0.4) is 0 Å². The van der Waals surface area contributed by atoms with Crippen molar-refractivity contribution in [2.24, 2.45) is 0 Å². The fraction of sp³-hybridized carbons (Fsp3) is 0.263. The summed E-state index contributed by atoms with van der Waals surface area (Å²) in [6.07, 6.45) is 0. The van der Waals surface area contributed by atoms with E-state index in [1.807, 2.05) is 29.2 Å². The van der Waals surface area contributed by atoms with Gasteiger partial charge in [0.05, 0.1) is 0 Å². The maximum atomic E-state index is 12.9. The van der Waals surface area contributed by atoms with E-state index >= 15 is 0 Å². The van der Waals surface area contributed by atoms with Gasteiger partial charge >= 0.3 is 0 Å². The summed E-state index contributed by atoms with van der Waals surface area (Å²) >= 11 is 0. The molecule has 134 valence electrons. The predicted octanol–water partition coefficient (Wildman–Crippen LogP) is 2.69. The van der Waals surface area contributed by atoms with Gasteiger partial charge in [0, 0.05) is 26.2 Å². The minimum atomic E-state index is -0.334. The second-order valence-electron chi connectivity index (χ2n) is 6.07. The van der Waals surface area contributed by atoms with E-state index in [0.29, 0.717) is 37.9 Å². The van der Waals surface area contributed by atoms with Crippen LogP contribution >= 0.6 is 0 Å². The molecule has 0 saturated carbocycles. The molecule has 1 aliphatic rings. The number of halogens is 1. The Bertz CT molecular complexity index is 869. The number of amides is 1. The highest BCUT2D eigenvalue weighted by Crippen LogP contribution is 2.22. The number of fused-ring (bicyclic) bond motifs is 1. The summed E-state index contributed by atoms with van der Waals surface area (Å²) in [6.45, 7) is 2.38. The first-order chi connectivity index (χ1) is 12.7. The van der Waals surface area contributed by atoms with Crippen molar-refractivity contribution in [1.29, 1.82) is 0 Å². The Morgan fingerprint density at radius 2 is 1.81 bits per heavy atom. The van der Waals surface area contributed by atoms with Crippen LogP contribution in [-0.2, 0) is 4.79 Å². The summed E-state index contributed by atoms with van der Waals surface area (Å²) in [5, 5.41) is 0. The maximum absolute atomic E-state index is 12.9. The first-order valence-corrected chi connectivity index (χ1v) is 8.46. The van der Waals surface area contributed by atoms with Crippen molar-refractivity contribution >= 4 is 23.0 Å². The molecule has 1 saturated heterocycles. The average molecular weight is 355 g/mol. The second-order valence-corrected chi connectivity index (χ2v) is 6.07. The molecule has 0 atom stereocenters. The van der Waals surface area contributed by atoms with E-state index in [1.165, 1.54) is 24.3 Å². The fourth-order valence-electron chi connectivity index (χ4n) is 2.91. The van der Waals surface area contributed by atoms with E-state index < -0.39 is 0 Å². The van der Waals surface area contributed by atoms with Gasteiger partial charge in [-0.25, -0.2) is 4.39 Å². The predicted molar refractivity (Wildman–Crippen MR) is 94.7 cm³/mol. The highest BCUT2D eigenvalue weighted by Gasteiger charge is 2.24. The number of rotatable bonds is 4. The third-order valence-corrected chi connectivity index (χ3v) is 4.36. The molecule has 1 amide bonds. The number of para-hydroxylation sites is 2. The molecule has 0 aliphatic carbocycles. The van der Waals surface area contributed by atoms with E-state index in [4.69, 9.17) is 9.15 Å². The normalized spacial score (nSPS) is 14.7. The van der Waals surface area contributed by atoms with E-state index in [-0.39, 0.29) is 18.3 Å². The molecule has 0 bridgehead atoms. The van der Waals surface area contributed by atoms with Crippen LogP contribution in [-0.4, -0.2) is 48.6 Å². The number of ether oxygens (including phenoxy) is 1. The molecule has 1 aromatic heterocycles. The smallest absolute Gasteiger partial charge is 0.298 e. The van der Waals surface area contributed by atoms with Gasteiger partial charge in [-0.15, -0.1) is 0 Å². The summed E-state index contributed by atoms with van der Waals surface area (Å²) in [7, 11) is 0. The Hall–Kier alpha value is -3.09. The lowest BCUT2D eigenvalue weighted by molar-refractivity contribution is -0.133. The van der Waals surface area contributed by atoms with Gasteiger partial charge in [-0.2, -0.15) is 4.98 Å². The number of hydrogen-bond donors (Lipinski definition) is 0. The van der Waals surface area contributed by atoms with Crippen LogP contribution in [0.2, 0.25) is 0 Å². The van der Waals surface area contributed by atoms with Crippen molar-refractivity contribution in [2.75, 3.05) is 37.7 Å². The molecule has 7 heteroatoms. The molecular formula is C19H18FN3O3. The summed E-state index contributed by atoms with van der Waals surface area (Å²) in [5.74, 6) is 0.0513. The topological polar surface area (TPSA) is 58.8 Å². The Kier molecular flexibility index (Phi) is 4.43. The van der Waals surface area contributed by atoms with Gasteiger partial charge < -0.3 is 19.0 Å². The van der Waals surface area contributed by atoms with Crippen LogP contribution in [0.4, 0.5) is 10.4 Å². The molecule has 26 heavy (non-hydrogen) atoms. The average Bonchev–Trinajstić information content (AvgIpc) is 3.12. The maximum Gasteiger partial charge on any atom is 0.298 e. The van der Waals surface area contributed by atoms with Gasteiger partial charge in [-0.1, -0.05) is 12.1 Å². The number of carbonyl (C=O) groups is 1. The number of nitrogens with zero attached hydrogens (tertiary/aromatic N) is 3. The Balaban J connectivity index is 1.31. The molecule has 0 N–H and O–H groups in total. The van der Waals surface area contributed by atoms with E-state index in [1.54, 1.807) is 4.90 Å².